The molecule has 1 rings (SSSR count). The van der Waals surface area contributed by atoms with Crippen LogP contribution in [-0.4, -0.2) is 29.7 Å². The van der Waals surface area contributed by atoms with Crippen molar-refractivity contribution in [2.45, 2.75) is 52.0 Å². The Morgan fingerprint density at radius 1 is 1.44 bits per heavy atom. The van der Waals surface area contributed by atoms with Gasteiger partial charge in [0.25, 0.3) is 0 Å². The fourth-order valence-corrected chi connectivity index (χ4v) is 2.07. The molecule has 5 nitrogen and oxygen atoms in total. The van der Waals surface area contributed by atoms with Crippen LogP contribution in [0, 0.1) is 11.8 Å². The fourth-order valence-electron chi connectivity index (χ4n) is 2.07. The number of amides is 2. The molecule has 0 saturated heterocycles. The van der Waals surface area contributed by atoms with E-state index in [4.69, 9.17) is 5.11 Å². The number of hydrogen-bond donors (Lipinski definition) is 3. The molecule has 0 radical (unpaired) electrons. The van der Waals surface area contributed by atoms with Gasteiger partial charge in [0.1, 0.15) is 0 Å². The number of urea groups is 1. The van der Waals surface area contributed by atoms with Crippen molar-refractivity contribution in [2.75, 3.05) is 6.54 Å². The number of hydrogen-bond acceptors (Lipinski definition) is 2. The number of carboxylic acids is 1. The Kier molecular flexibility index (Phi) is 5.95. The monoisotopic (exact) mass is 256 g/mol. The second-order valence-corrected chi connectivity index (χ2v) is 5.28. The van der Waals surface area contributed by atoms with Crippen molar-refractivity contribution in [3.63, 3.8) is 0 Å². The van der Waals surface area contributed by atoms with Gasteiger partial charge in [-0.3, -0.25) is 4.79 Å². The summed E-state index contributed by atoms with van der Waals surface area (Å²) in [6.07, 6.45) is 4.19. The van der Waals surface area contributed by atoms with Crippen LogP contribution in [0.25, 0.3) is 0 Å². The van der Waals surface area contributed by atoms with Gasteiger partial charge in [0, 0.05) is 19.0 Å². The van der Waals surface area contributed by atoms with Crippen molar-refractivity contribution in [2.24, 2.45) is 11.8 Å². The Bertz CT molecular complexity index is 294. The van der Waals surface area contributed by atoms with Crippen molar-refractivity contribution in [3.8, 4) is 0 Å². The van der Waals surface area contributed by atoms with Crippen LogP contribution in [0.1, 0.15) is 46.0 Å². The zero-order valence-electron chi connectivity index (χ0n) is 11.2. The van der Waals surface area contributed by atoms with Gasteiger partial charge in [0.05, 0.1) is 0 Å². The lowest BCUT2D eigenvalue weighted by atomic mass is 10.1. The van der Waals surface area contributed by atoms with E-state index >= 15 is 0 Å². The molecule has 0 aromatic rings. The van der Waals surface area contributed by atoms with E-state index in [0.717, 1.165) is 12.8 Å². The molecule has 5 heteroatoms. The summed E-state index contributed by atoms with van der Waals surface area (Å²) in [5, 5.41) is 14.3. The highest BCUT2D eigenvalue weighted by Crippen LogP contribution is 2.34. The number of carbonyl (C=O) groups excluding carboxylic acids is 1. The molecule has 3 atom stereocenters. The molecular formula is C13H24N2O3. The molecule has 0 aromatic carbocycles. The SMILES string of the molecule is CCCC1CC1NC(=O)NCC(C)CCC(=O)O. The highest BCUT2D eigenvalue weighted by molar-refractivity contribution is 5.74. The molecule has 1 aliphatic rings. The lowest BCUT2D eigenvalue weighted by molar-refractivity contribution is -0.137. The smallest absolute Gasteiger partial charge is 0.315 e. The third kappa shape index (κ3) is 5.89. The molecular weight excluding hydrogens is 232 g/mol. The number of carboxylic acid groups (broad SMARTS) is 1. The summed E-state index contributed by atoms with van der Waals surface area (Å²) in [5.41, 5.74) is 0. The minimum atomic E-state index is -0.785. The maximum Gasteiger partial charge on any atom is 0.315 e. The molecule has 0 aliphatic heterocycles. The van der Waals surface area contributed by atoms with E-state index < -0.39 is 5.97 Å². The Labute approximate surface area is 108 Å². The van der Waals surface area contributed by atoms with Gasteiger partial charge in [0.2, 0.25) is 0 Å². The van der Waals surface area contributed by atoms with Crippen molar-refractivity contribution >= 4 is 12.0 Å². The van der Waals surface area contributed by atoms with Gasteiger partial charge in [0.15, 0.2) is 0 Å². The second-order valence-electron chi connectivity index (χ2n) is 5.28. The van der Waals surface area contributed by atoms with Crippen LogP contribution < -0.4 is 10.6 Å². The molecule has 0 bridgehead atoms. The van der Waals surface area contributed by atoms with Crippen LogP contribution in [0.5, 0.6) is 0 Å². The molecule has 0 aromatic heterocycles. The van der Waals surface area contributed by atoms with E-state index in [0.29, 0.717) is 24.9 Å². The first-order valence-corrected chi connectivity index (χ1v) is 6.79. The van der Waals surface area contributed by atoms with E-state index in [1.54, 1.807) is 0 Å². The molecule has 0 heterocycles. The van der Waals surface area contributed by atoms with Crippen LogP contribution in [0.4, 0.5) is 4.79 Å². The maximum atomic E-state index is 11.5. The van der Waals surface area contributed by atoms with Gasteiger partial charge in [-0.05, 0) is 31.1 Å². The predicted molar refractivity (Wildman–Crippen MR) is 69.4 cm³/mol. The lowest BCUT2D eigenvalue weighted by Crippen LogP contribution is -2.39. The minimum absolute atomic E-state index is 0.124. The van der Waals surface area contributed by atoms with Crippen LogP contribution in [0.3, 0.4) is 0 Å². The fraction of sp³-hybridized carbons (Fsp3) is 0.846. The summed E-state index contributed by atoms with van der Waals surface area (Å²) >= 11 is 0. The van der Waals surface area contributed by atoms with Gasteiger partial charge in [-0.1, -0.05) is 20.3 Å². The van der Waals surface area contributed by atoms with Crippen molar-refractivity contribution < 1.29 is 14.7 Å². The van der Waals surface area contributed by atoms with E-state index in [2.05, 4.69) is 17.6 Å². The van der Waals surface area contributed by atoms with Crippen LogP contribution in [0.2, 0.25) is 0 Å². The summed E-state index contributed by atoms with van der Waals surface area (Å²) in [7, 11) is 0. The lowest BCUT2D eigenvalue weighted by Gasteiger charge is -2.12. The third-order valence-corrected chi connectivity index (χ3v) is 3.36. The predicted octanol–water partition coefficient (Wildman–Crippen LogP) is 1.98. The molecule has 0 spiro atoms. The van der Waals surface area contributed by atoms with Crippen molar-refractivity contribution in [1.82, 2.24) is 10.6 Å². The highest BCUT2D eigenvalue weighted by atomic mass is 16.4. The van der Waals surface area contributed by atoms with E-state index in [1.165, 1.54) is 6.42 Å². The number of rotatable bonds is 8. The molecule has 104 valence electrons. The van der Waals surface area contributed by atoms with Gasteiger partial charge >= 0.3 is 12.0 Å². The Morgan fingerprint density at radius 2 is 2.17 bits per heavy atom. The first-order chi connectivity index (χ1) is 8.52. The van der Waals surface area contributed by atoms with Gasteiger partial charge in [-0.15, -0.1) is 0 Å². The maximum absolute atomic E-state index is 11.5. The normalized spacial score (nSPS) is 23.2. The summed E-state index contributed by atoms with van der Waals surface area (Å²) in [6.45, 7) is 4.63. The topological polar surface area (TPSA) is 78.4 Å². The van der Waals surface area contributed by atoms with E-state index in [1.807, 2.05) is 6.92 Å². The average Bonchev–Trinajstić information content (AvgIpc) is 3.02. The zero-order valence-corrected chi connectivity index (χ0v) is 11.2. The standard InChI is InChI=1S/C13H24N2O3/c1-3-4-10-7-11(10)15-13(18)14-8-9(2)5-6-12(16)17/h9-11H,3-8H2,1-2H3,(H,16,17)(H2,14,15,18). The van der Waals surface area contributed by atoms with Gasteiger partial charge in [-0.25, -0.2) is 4.79 Å². The van der Waals surface area contributed by atoms with Crippen LogP contribution in [-0.2, 0) is 4.79 Å². The summed E-state index contributed by atoms with van der Waals surface area (Å²) in [6, 6.07) is 0.222. The Balaban J connectivity index is 2.05. The summed E-state index contributed by atoms with van der Waals surface area (Å²) in [5.74, 6) is 0.0642. The number of aliphatic carboxylic acids is 1. The molecule has 1 fully saturated rings. The molecule has 18 heavy (non-hydrogen) atoms. The summed E-state index contributed by atoms with van der Waals surface area (Å²) < 4.78 is 0. The first kappa shape index (κ1) is 14.8. The van der Waals surface area contributed by atoms with Crippen molar-refractivity contribution in [1.29, 1.82) is 0 Å². The van der Waals surface area contributed by atoms with Crippen molar-refractivity contribution in [3.05, 3.63) is 0 Å². The Morgan fingerprint density at radius 3 is 2.78 bits per heavy atom. The molecule has 2 amide bonds. The third-order valence-electron chi connectivity index (χ3n) is 3.36. The van der Waals surface area contributed by atoms with E-state index in [9.17, 15) is 9.59 Å². The quantitative estimate of drug-likeness (QED) is 0.621. The molecule has 1 aliphatic carbocycles. The largest absolute Gasteiger partial charge is 0.481 e. The number of carbonyl (C=O) groups is 2. The van der Waals surface area contributed by atoms with Gasteiger partial charge < -0.3 is 15.7 Å². The minimum Gasteiger partial charge on any atom is -0.481 e. The van der Waals surface area contributed by atoms with Crippen LogP contribution >= 0.6 is 0 Å². The number of nitrogens with one attached hydrogen (secondary N) is 2. The highest BCUT2D eigenvalue weighted by Gasteiger charge is 2.37. The second kappa shape index (κ2) is 7.24. The Hall–Kier alpha value is -1.26. The molecule has 3 N–H and O–H groups in total. The molecule has 1 saturated carbocycles. The zero-order chi connectivity index (χ0) is 13.5. The van der Waals surface area contributed by atoms with Gasteiger partial charge in [-0.2, -0.15) is 0 Å². The summed E-state index contributed by atoms with van der Waals surface area (Å²) in [4.78, 5) is 21.9. The first-order valence-electron chi connectivity index (χ1n) is 6.79. The van der Waals surface area contributed by atoms with Crippen LogP contribution in [0.15, 0.2) is 0 Å². The van der Waals surface area contributed by atoms with E-state index in [-0.39, 0.29) is 18.4 Å². The average molecular weight is 256 g/mol. The molecule has 3 unspecified atom stereocenters.